The lowest BCUT2D eigenvalue weighted by molar-refractivity contribution is 0.0692. The van der Waals surface area contributed by atoms with E-state index in [-0.39, 0.29) is 5.69 Å². The molecule has 0 aliphatic rings. The number of anilines is 1. The minimum absolute atomic E-state index is 0.100. The molecule has 0 amide bonds. The van der Waals surface area contributed by atoms with Crippen molar-refractivity contribution in [2.75, 3.05) is 11.9 Å². The number of aromatic carboxylic acids is 1. The molecule has 2 aromatic rings. The van der Waals surface area contributed by atoms with Gasteiger partial charge in [0.1, 0.15) is 5.00 Å². The third-order valence-corrected chi connectivity index (χ3v) is 3.10. The highest BCUT2D eigenvalue weighted by Gasteiger charge is 2.12. The molecule has 0 radical (unpaired) electrons. The van der Waals surface area contributed by atoms with E-state index in [0.717, 1.165) is 6.42 Å². The number of hydrogen-bond acceptors (Lipinski definition) is 4. The summed E-state index contributed by atoms with van der Waals surface area (Å²) in [6, 6.07) is 10.1. The lowest BCUT2D eigenvalue weighted by Crippen LogP contribution is -2.07. The van der Waals surface area contributed by atoms with Crippen LogP contribution in [0.1, 0.15) is 16.1 Å². The number of nitrogens with zero attached hydrogens (tertiary/aromatic N) is 1. The topological polar surface area (TPSA) is 62.2 Å². The van der Waals surface area contributed by atoms with Crippen molar-refractivity contribution in [1.29, 1.82) is 0 Å². The highest BCUT2D eigenvalue weighted by atomic mass is 32.1. The van der Waals surface area contributed by atoms with Crippen molar-refractivity contribution in [3.8, 4) is 0 Å². The summed E-state index contributed by atoms with van der Waals surface area (Å²) in [6.45, 7) is 0.701. The average molecular weight is 248 g/mol. The summed E-state index contributed by atoms with van der Waals surface area (Å²) in [5.74, 6) is -0.992. The first-order valence-electron chi connectivity index (χ1n) is 5.22. The van der Waals surface area contributed by atoms with Gasteiger partial charge in [0.2, 0.25) is 0 Å². The van der Waals surface area contributed by atoms with E-state index in [0.29, 0.717) is 11.5 Å². The smallest absolute Gasteiger partial charge is 0.357 e. The standard InChI is InChI=1S/C12H12N2O2S/c15-12(16)10-11(17-8-14-10)13-7-6-9-4-2-1-3-5-9/h1-5,8,13H,6-7H2,(H,15,16). The number of carboxylic acids is 1. The fraction of sp³-hybridized carbons (Fsp3) is 0.167. The summed E-state index contributed by atoms with van der Waals surface area (Å²) in [7, 11) is 0. The van der Waals surface area contributed by atoms with Gasteiger partial charge in [0, 0.05) is 6.54 Å². The van der Waals surface area contributed by atoms with Crippen LogP contribution in [-0.4, -0.2) is 22.6 Å². The zero-order chi connectivity index (χ0) is 12.1. The molecular weight excluding hydrogens is 236 g/mol. The molecule has 0 saturated heterocycles. The van der Waals surface area contributed by atoms with E-state index in [9.17, 15) is 4.79 Å². The number of aromatic nitrogens is 1. The lowest BCUT2D eigenvalue weighted by Gasteiger charge is -2.04. The third-order valence-electron chi connectivity index (χ3n) is 2.31. The maximum absolute atomic E-state index is 10.8. The second kappa shape index (κ2) is 5.45. The summed E-state index contributed by atoms with van der Waals surface area (Å²) in [6.07, 6.45) is 0.859. The molecule has 2 N–H and O–H groups in total. The molecule has 0 unspecified atom stereocenters. The van der Waals surface area contributed by atoms with Crippen molar-refractivity contribution in [3.05, 3.63) is 47.1 Å². The normalized spacial score (nSPS) is 10.1. The highest BCUT2D eigenvalue weighted by Crippen LogP contribution is 2.19. The Morgan fingerprint density at radius 2 is 2.12 bits per heavy atom. The average Bonchev–Trinajstić information content (AvgIpc) is 2.79. The molecule has 88 valence electrons. The molecule has 0 fully saturated rings. The molecule has 1 heterocycles. The Morgan fingerprint density at radius 1 is 1.35 bits per heavy atom. The van der Waals surface area contributed by atoms with Crippen LogP contribution in [0.25, 0.3) is 0 Å². The van der Waals surface area contributed by atoms with Gasteiger partial charge in [-0.1, -0.05) is 30.3 Å². The molecule has 0 aliphatic carbocycles. The number of thiazole rings is 1. The molecule has 2 rings (SSSR count). The molecule has 0 atom stereocenters. The maximum atomic E-state index is 10.8. The molecule has 1 aromatic heterocycles. The Kier molecular flexibility index (Phi) is 3.72. The lowest BCUT2D eigenvalue weighted by atomic mass is 10.1. The molecule has 0 aliphatic heterocycles. The van der Waals surface area contributed by atoms with Gasteiger partial charge in [0.25, 0.3) is 0 Å². The third kappa shape index (κ3) is 3.04. The minimum Gasteiger partial charge on any atom is -0.476 e. The molecule has 17 heavy (non-hydrogen) atoms. The first-order chi connectivity index (χ1) is 8.27. The van der Waals surface area contributed by atoms with Crippen molar-refractivity contribution in [2.45, 2.75) is 6.42 Å². The minimum atomic E-state index is -0.992. The zero-order valence-corrected chi connectivity index (χ0v) is 9.91. The van der Waals surface area contributed by atoms with Gasteiger partial charge in [0.15, 0.2) is 5.69 Å². The number of carboxylic acid groups (broad SMARTS) is 1. The highest BCUT2D eigenvalue weighted by molar-refractivity contribution is 7.14. The van der Waals surface area contributed by atoms with E-state index in [2.05, 4.69) is 10.3 Å². The fourth-order valence-corrected chi connectivity index (χ4v) is 2.19. The van der Waals surface area contributed by atoms with Crippen molar-refractivity contribution < 1.29 is 9.90 Å². The maximum Gasteiger partial charge on any atom is 0.357 e. The van der Waals surface area contributed by atoms with Gasteiger partial charge < -0.3 is 10.4 Å². The van der Waals surface area contributed by atoms with Crippen LogP contribution in [0.3, 0.4) is 0 Å². The van der Waals surface area contributed by atoms with Crippen LogP contribution in [0.2, 0.25) is 0 Å². The summed E-state index contributed by atoms with van der Waals surface area (Å²) in [5.41, 5.74) is 2.86. The fourth-order valence-electron chi connectivity index (χ4n) is 1.49. The van der Waals surface area contributed by atoms with Gasteiger partial charge in [0.05, 0.1) is 5.51 Å². The van der Waals surface area contributed by atoms with Crippen LogP contribution in [0.5, 0.6) is 0 Å². The predicted octanol–water partition coefficient (Wildman–Crippen LogP) is 2.50. The molecule has 5 heteroatoms. The molecule has 4 nitrogen and oxygen atoms in total. The van der Waals surface area contributed by atoms with E-state index in [1.165, 1.54) is 22.4 Å². The Labute approximate surface area is 103 Å². The Balaban J connectivity index is 1.90. The molecule has 1 aromatic carbocycles. The van der Waals surface area contributed by atoms with Crippen LogP contribution in [-0.2, 0) is 6.42 Å². The van der Waals surface area contributed by atoms with E-state index in [1.54, 1.807) is 0 Å². The van der Waals surface area contributed by atoms with Crippen molar-refractivity contribution in [3.63, 3.8) is 0 Å². The predicted molar refractivity (Wildman–Crippen MR) is 67.7 cm³/mol. The summed E-state index contributed by atoms with van der Waals surface area (Å²) in [5, 5.41) is 12.6. The largest absolute Gasteiger partial charge is 0.476 e. The number of carbonyl (C=O) groups is 1. The Hall–Kier alpha value is -1.88. The van der Waals surface area contributed by atoms with Gasteiger partial charge in [-0.3, -0.25) is 0 Å². The van der Waals surface area contributed by atoms with E-state index >= 15 is 0 Å². The molecule has 0 saturated carbocycles. The van der Waals surface area contributed by atoms with Crippen molar-refractivity contribution >= 4 is 22.3 Å². The second-order valence-electron chi connectivity index (χ2n) is 3.50. The van der Waals surface area contributed by atoms with Gasteiger partial charge in [-0.15, -0.1) is 11.3 Å². The van der Waals surface area contributed by atoms with Crippen LogP contribution in [0.4, 0.5) is 5.00 Å². The quantitative estimate of drug-likeness (QED) is 0.853. The zero-order valence-electron chi connectivity index (χ0n) is 9.09. The number of rotatable bonds is 5. The summed E-state index contributed by atoms with van der Waals surface area (Å²) >= 11 is 1.31. The number of nitrogens with one attached hydrogen (secondary N) is 1. The molecule has 0 spiro atoms. The van der Waals surface area contributed by atoms with Crippen LogP contribution in [0, 0.1) is 0 Å². The SMILES string of the molecule is O=C(O)c1ncsc1NCCc1ccccc1. The van der Waals surface area contributed by atoms with Gasteiger partial charge in [-0.05, 0) is 12.0 Å². The number of benzene rings is 1. The summed E-state index contributed by atoms with van der Waals surface area (Å²) in [4.78, 5) is 14.6. The first-order valence-corrected chi connectivity index (χ1v) is 6.10. The van der Waals surface area contributed by atoms with Crippen LogP contribution in [0.15, 0.2) is 35.8 Å². The number of hydrogen-bond donors (Lipinski definition) is 2. The Morgan fingerprint density at radius 3 is 2.82 bits per heavy atom. The van der Waals surface area contributed by atoms with E-state index < -0.39 is 5.97 Å². The van der Waals surface area contributed by atoms with Crippen molar-refractivity contribution in [2.24, 2.45) is 0 Å². The van der Waals surface area contributed by atoms with Gasteiger partial charge >= 0.3 is 5.97 Å². The first kappa shape index (κ1) is 11.6. The second-order valence-corrected chi connectivity index (χ2v) is 4.35. The van der Waals surface area contributed by atoms with Crippen molar-refractivity contribution in [1.82, 2.24) is 4.98 Å². The monoisotopic (exact) mass is 248 g/mol. The van der Waals surface area contributed by atoms with E-state index in [4.69, 9.17) is 5.11 Å². The van der Waals surface area contributed by atoms with Gasteiger partial charge in [-0.2, -0.15) is 0 Å². The van der Waals surface area contributed by atoms with Gasteiger partial charge in [-0.25, -0.2) is 9.78 Å². The Bertz CT molecular complexity index is 496. The van der Waals surface area contributed by atoms with Crippen LogP contribution < -0.4 is 5.32 Å². The molecule has 0 bridgehead atoms. The van der Waals surface area contributed by atoms with Crippen LogP contribution >= 0.6 is 11.3 Å². The summed E-state index contributed by atoms with van der Waals surface area (Å²) < 4.78 is 0. The molecular formula is C12H12N2O2S. The van der Waals surface area contributed by atoms with E-state index in [1.807, 2.05) is 30.3 Å².